The van der Waals surface area contributed by atoms with E-state index in [9.17, 15) is 0 Å². The van der Waals surface area contributed by atoms with Crippen molar-refractivity contribution in [3.05, 3.63) is 0 Å². The van der Waals surface area contributed by atoms with Crippen molar-refractivity contribution in [3.63, 3.8) is 0 Å². The lowest BCUT2D eigenvalue weighted by molar-refractivity contribution is 0.219. The molecule has 0 radical (unpaired) electrons. The SMILES string of the molecule is N[C@H]1CCN(C2CCCCCC2)C1. The van der Waals surface area contributed by atoms with Crippen LogP contribution in [0.4, 0.5) is 0 Å². The number of rotatable bonds is 1. The molecule has 0 aromatic carbocycles. The molecule has 0 amide bonds. The molecule has 1 saturated heterocycles. The van der Waals surface area contributed by atoms with E-state index in [4.69, 9.17) is 5.73 Å². The molecule has 0 aromatic heterocycles. The zero-order chi connectivity index (χ0) is 9.10. The molecule has 0 spiro atoms. The molecule has 1 aliphatic heterocycles. The molecule has 0 bridgehead atoms. The van der Waals surface area contributed by atoms with E-state index in [1.807, 2.05) is 0 Å². The quantitative estimate of drug-likeness (QED) is 0.626. The number of likely N-dealkylation sites (tertiary alicyclic amines) is 1. The van der Waals surface area contributed by atoms with Gasteiger partial charge in [-0.15, -0.1) is 0 Å². The monoisotopic (exact) mass is 182 g/mol. The van der Waals surface area contributed by atoms with Gasteiger partial charge in [-0.2, -0.15) is 0 Å². The molecule has 1 aliphatic carbocycles. The van der Waals surface area contributed by atoms with E-state index in [2.05, 4.69) is 4.90 Å². The fraction of sp³-hybridized carbons (Fsp3) is 1.00. The smallest absolute Gasteiger partial charge is 0.0180 e. The summed E-state index contributed by atoms with van der Waals surface area (Å²) in [5.74, 6) is 0. The second-order valence-corrected chi connectivity index (χ2v) is 4.69. The average Bonchev–Trinajstić information content (AvgIpc) is 2.43. The summed E-state index contributed by atoms with van der Waals surface area (Å²) in [5.41, 5.74) is 5.93. The molecule has 1 heterocycles. The van der Waals surface area contributed by atoms with E-state index in [1.165, 1.54) is 51.5 Å². The van der Waals surface area contributed by atoms with E-state index in [0.717, 1.165) is 12.6 Å². The minimum atomic E-state index is 0.461. The van der Waals surface area contributed by atoms with Crippen LogP contribution in [0.15, 0.2) is 0 Å². The lowest BCUT2D eigenvalue weighted by Gasteiger charge is -2.26. The van der Waals surface area contributed by atoms with Gasteiger partial charge in [0.15, 0.2) is 0 Å². The Bertz CT molecular complexity index is 150. The lowest BCUT2D eigenvalue weighted by Crippen LogP contribution is -2.35. The first-order valence-corrected chi connectivity index (χ1v) is 5.86. The zero-order valence-corrected chi connectivity index (χ0v) is 8.54. The fourth-order valence-corrected chi connectivity index (χ4v) is 2.77. The molecular formula is C11H22N2. The first-order chi connectivity index (χ1) is 6.36. The molecule has 2 nitrogen and oxygen atoms in total. The normalized spacial score (nSPS) is 33.5. The summed E-state index contributed by atoms with van der Waals surface area (Å²) < 4.78 is 0. The van der Waals surface area contributed by atoms with Crippen LogP contribution in [0.5, 0.6) is 0 Å². The first-order valence-electron chi connectivity index (χ1n) is 5.86. The van der Waals surface area contributed by atoms with Crippen molar-refractivity contribution in [1.82, 2.24) is 4.90 Å². The highest BCUT2D eigenvalue weighted by atomic mass is 15.2. The van der Waals surface area contributed by atoms with Crippen molar-refractivity contribution in [1.29, 1.82) is 0 Å². The van der Waals surface area contributed by atoms with Crippen molar-refractivity contribution in [2.24, 2.45) is 5.73 Å². The van der Waals surface area contributed by atoms with Gasteiger partial charge in [0.1, 0.15) is 0 Å². The van der Waals surface area contributed by atoms with Gasteiger partial charge in [-0.3, -0.25) is 4.90 Å². The Labute approximate surface area is 81.5 Å². The molecule has 0 aromatic rings. The van der Waals surface area contributed by atoms with Crippen molar-refractivity contribution >= 4 is 0 Å². The van der Waals surface area contributed by atoms with Crippen LogP contribution in [-0.2, 0) is 0 Å². The average molecular weight is 182 g/mol. The molecule has 1 saturated carbocycles. The predicted octanol–water partition coefficient (Wildman–Crippen LogP) is 1.74. The van der Waals surface area contributed by atoms with Gasteiger partial charge < -0.3 is 5.73 Å². The number of hydrogen-bond acceptors (Lipinski definition) is 2. The summed E-state index contributed by atoms with van der Waals surface area (Å²) in [4.78, 5) is 2.63. The van der Waals surface area contributed by atoms with Crippen molar-refractivity contribution < 1.29 is 0 Å². The standard InChI is InChI=1S/C11H22N2/c12-10-7-8-13(9-10)11-5-3-1-2-4-6-11/h10-11H,1-9,12H2/t10-/m0/s1. The van der Waals surface area contributed by atoms with Crippen LogP contribution < -0.4 is 5.73 Å². The van der Waals surface area contributed by atoms with E-state index in [1.54, 1.807) is 0 Å². The molecule has 2 aliphatic rings. The third-order valence-electron chi connectivity index (χ3n) is 3.60. The summed E-state index contributed by atoms with van der Waals surface area (Å²) in [6.07, 6.45) is 9.86. The first kappa shape index (κ1) is 9.47. The third kappa shape index (κ3) is 2.44. The highest BCUT2D eigenvalue weighted by Gasteiger charge is 2.26. The Morgan fingerprint density at radius 1 is 0.923 bits per heavy atom. The summed E-state index contributed by atoms with van der Waals surface area (Å²) in [6.45, 7) is 2.41. The maximum Gasteiger partial charge on any atom is 0.0180 e. The maximum atomic E-state index is 5.93. The molecule has 2 rings (SSSR count). The molecule has 1 atom stereocenters. The minimum Gasteiger partial charge on any atom is -0.326 e. The van der Waals surface area contributed by atoms with Crippen LogP contribution in [0, 0.1) is 0 Å². The van der Waals surface area contributed by atoms with Gasteiger partial charge in [0, 0.05) is 25.2 Å². The van der Waals surface area contributed by atoms with Crippen LogP contribution in [0.3, 0.4) is 0 Å². The molecule has 2 heteroatoms. The highest BCUT2D eigenvalue weighted by Crippen LogP contribution is 2.24. The Morgan fingerprint density at radius 2 is 1.62 bits per heavy atom. The van der Waals surface area contributed by atoms with Gasteiger partial charge in [0.2, 0.25) is 0 Å². The zero-order valence-electron chi connectivity index (χ0n) is 8.54. The van der Waals surface area contributed by atoms with Gasteiger partial charge in [-0.1, -0.05) is 25.7 Å². The molecule has 2 fully saturated rings. The second-order valence-electron chi connectivity index (χ2n) is 4.69. The van der Waals surface area contributed by atoms with Crippen LogP contribution in [0.2, 0.25) is 0 Å². The molecule has 76 valence electrons. The molecule has 0 unspecified atom stereocenters. The van der Waals surface area contributed by atoms with Crippen molar-refractivity contribution in [2.45, 2.75) is 57.0 Å². The largest absolute Gasteiger partial charge is 0.326 e. The van der Waals surface area contributed by atoms with E-state index in [-0.39, 0.29) is 0 Å². The van der Waals surface area contributed by atoms with Crippen molar-refractivity contribution in [2.75, 3.05) is 13.1 Å². The van der Waals surface area contributed by atoms with E-state index >= 15 is 0 Å². The molecule has 2 N–H and O–H groups in total. The minimum absolute atomic E-state index is 0.461. The molecular weight excluding hydrogens is 160 g/mol. The Balaban J connectivity index is 1.84. The number of hydrogen-bond donors (Lipinski definition) is 1. The van der Waals surface area contributed by atoms with Crippen molar-refractivity contribution in [3.8, 4) is 0 Å². The highest BCUT2D eigenvalue weighted by molar-refractivity contribution is 4.84. The van der Waals surface area contributed by atoms with Gasteiger partial charge >= 0.3 is 0 Å². The predicted molar refractivity (Wildman–Crippen MR) is 55.7 cm³/mol. The van der Waals surface area contributed by atoms with E-state index in [0.29, 0.717) is 6.04 Å². The second kappa shape index (κ2) is 4.43. The van der Waals surface area contributed by atoms with Gasteiger partial charge in [0.25, 0.3) is 0 Å². The third-order valence-corrected chi connectivity index (χ3v) is 3.60. The Hall–Kier alpha value is -0.0800. The van der Waals surface area contributed by atoms with Crippen LogP contribution in [-0.4, -0.2) is 30.1 Å². The summed E-state index contributed by atoms with van der Waals surface area (Å²) in [5, 5.41) is 0. The van der Waals surface area contributed by atoms with Gasteiger partial charge in [-0.05, 0) is 19.3 Å². The number of nitrogens with two attached hydrogens (primary N) is 1. The van der Waals surface area contributed by atoms with Crippen LogP contribution in [0.25, 0.3) is 0 Å². The topological polar surface area (TPSA) is 29.3 Å². The van der Waals surface area contributed by atoms with Gasteiger partial charge in [0.05, 0.1) is 0 Å². The summed E-state index contributed by atoms with van der Waals surface area (Å²) in [7, 11) is 0. The summed E-state index contributed by atoms with van der Waals surface area (Å²) in [6, 6.07) is 1.33. The number of nitrogens with zero attached hydrogens (tertiary/aromatic N) is 1. The summed E-state index contributed by atoms with van der Waals surface area (Å²) >= 11 is 0. The molecule has 13 heavy (non-hydrogen) atoms. The van der Waals surface area contributed by atoms with E-state index < -0.39 is 0 Å². The van der Waals surface area contributed by atoms with Crippen LogP contribution in [0.1, 0.15) is 44.9 Å². The van der Waals surface area contributed by atoms with Crippen LogP contribution >= 0.6 is 0 Å². The Kier molecular flexibility index (Phi) is 3.23. The fourth-order valence-electron chi connectivity index (χ4n) is 2.77. The maximum absolute atomic E-state index is 5.93. The van der Waals surface area contributed by atoms with Gasteiger partial charge in [-0.25, -0.2) is 0 Å². The lowest BCUT2D eigenvalue weighted by atomic mass is 10.1. The Morgan fingerprint density at radius 3 is 2.15 bits per heavy atom.